The summed E-state index contributed by atoms with van der Waals surface area (Å²) >= 11 is 0. The highest BCUT2D eigenvalue weighted by atomic mass is 19.1. The number of para-hydroxylation sites is 1. The number of carbonyl (C=O) groups is 2. The van der Waals surface area contributed by atoms with E-state index in [2.05, 4.69) is 5.10 Å². The van der Waals surface area contributed by atoms with E-state index in [-0.39, 0.29) is 16.8 Å². The summed E-state index contributed by atoms with van der Waals surface area (Å²) < 4.78 is 16.4. The molecule has 4 aromatic rings. The van der Waals surface area contributed by atoms with E-state index < -0.39 is 23.2 Å². The molecule has 0 bridgehead atoms. The van der Waals surface area contributed by atoms with Crippen molar-refractivity contribution < 1.29 is 18.5 Å². The van der Waals surface area contributed by atoms with Gasteiger partial charge in [0.25, 0.3) is 17.2 Å². The van der Waals surface area contributed by atoms with E-state index in [0.717, 1.165) is 16.0 Å². The maximum Gasteiger partial charge on any atom is 0.331 e. The van der Waals surface area contributed by atoms with Crippen molar-refractivity contribution in [3.05, 3.63) is 112 Å². The molecule has 1 aliphatic heterocycles. The Kier molecular flexibility index (Phi) is 5.72. The van der Waals surface area contributed by atoms with Crippen molar-refractivity contribution in [1.29, 1.82) is 0 Å². The van der Waals surface area contributed by atoms with E-state index in [9.17, 15) is 18.8 Å². The SMILES string of the molecule is CCc1[nH]n(-c2ccc(F)cc2)c(=O)c1C1=C([n+]2ccc(C)c(C)c2)C(=O)N(c2ccccc2)C1=O. The Morgan fingerprint density at radius 2 is 1.56 bits per heavy atom. The van der Waals surface area contributed by atoms with Crippen molar-refractivity contribution in [3.8, 4) is 5.69 Å². The van der Waals surface area contributed by atoms with E-state index >= 15 is 0 Å². The van der Waals surface area contributed by atoms with Crippen molar-refractivity contribution in [2.75, 3.05) is 4.90 Å². The van der Waals surface area contributed by atoms with E-state index in [0.29, 0.717) is 23.5 Å². The predicted molar refractivity (Wildman–Crippen MR) is 134 cm³/mol. The first kappa shape index (κ1) is 23.2. The molecule has 3 heterocycles. The number of carbonyl (C=O) groups excluding carboxylic acids is 2. The maximum atomic E-state index is 13.9. The standard InChI is InChI=1S/C28H23FN4O3/c1-4-22-23(27(35)33(30-22)21-12-10-19(29)11-13-21)24-25(31-15-14-17(2)18(3)16-31)28(36)32(26(24)34)20-8-6-5-7-9-20/h5-16H,4H2,1-3H3/p+1. The van der Waals surface area contributed by atoms with Crippen molar-refractivity contribution in [2.45, 2.75) is 27.2 Å². The number of nitrogens with one attached hydrogen (secondary N) is 1. The number of H-pyrrole nitrogens is 1. The van der Waals surface area contributed by atoms with Crippen molar-refractivity contribution in [3.63, 3.8) is 0 Å². The summed E-state index contributed by atoms with van der Waals surface area (Å²) in [5.74, 6) is -1.53. The number of aromatic amines is 1. The minimum absolute atomic E-state index is 0.0241. The molecule has 0 saturated carbocycles. The Hall–Kier alpha value is -4.59. The minimum Gasteiger partial charge on any atom is -0.294 e. The zero-order chi connectivity index (χ0) is 25.6. The van der Waals surface area contributed by atoms with Gasteiger partial charge in [0.1, 0.15) is 11.4 Å². The van der Waals surface area contributed by atoms with Crippen LogP contribution in [-0.2, 0) is 16.0 Å². The molecule has 7 nitrogen and oxygen atoms in total. The van der Waals surface area contributed by atoms with Crippen LogP contribution in [-0.4, -0.2) is 21.6 Å². The lowest BCUT2D eigenvalue weighted by Gasteiger charge is -2.13. The van der Waals surface area contributed by atoms with Gasteiger partial charge >= 0.3 is 5.91 Å². The molecule has 0 atom stereocenters. The van der Waals surface area contributed by atoms with Gasteiger partial charge in [0, 0.05) is 17.3 Å². The van der Waals surface area contributed by atoms with Gasteiger partial charge in [-0.2, -0.15) is 4.57 Å². The van der Waals surface area contributed by atoms with E-state index in [1.54, 1.807) is 47.3 Å². The van der Waals surface area contributed by atoms with E-state index in [4.69, 9.17) is 0 Å². The molecule has 2 amide bonds. The van der Waals surface area contributed by atoms with Crippen LogP contribution in [0.25, 0.3) is 17.0 Å². The molecule has 2 aromatic carbocycles. The highest BCUT2D eigenvalue weighted by Crippen LogP contribution is 2.33. The Balaban J connectivity index is 1.79. The summed E-state index contributed by atoms with van der Waals surface area (Å²) in [5.41, 5.74) is 3.04. The smallest absolute Gasteiger partial charge is 0.294 e. The molecular weight excluding hydrogens is 459 g/mol. The number of anilines is 1. The molecule has 0 unspecified atom stereocenters. The fourth-order valence-corrected chi connectivity index (χ4v) is 4.38. The number of amides is 2. The lowest BCUT2D eigenvalue weighted by molar-refractivity contribution is -0.577. The molecule has 1 N–H and O–H groups in total. The largest absolute Gasteiger partial charge is 0.331 e. The van der Waals surface area contributed by atoms with Crippen LogP contribution >= 0.6 is 0 Å². The topological polar surface area (TPSA) is 79.1 Å². The van der Waals surface area contributed by atoms with Crippen LogP contribution in [0.2, 0.25) is 0 Å². The van der Waals surface area contributed by atoms with Gasteiger partial charge in [-0.1, -0.05) is 25.1 Å². The number of aryl methyl sites for hydroxylation is 3. The fraction of sp³-hybridized carbons (Fsp3) is 0.143. The summed E-state index contributed by atoms with van der Waals surface area (Å²) in [6.45, 7) is 5.72. The van der Waals surface area contributed by atoms with Crippen molar-refractivity contribution >= 4 is 28.8 Å². The predicted octanol–water partition coefficient (Wildman–Crippen LogP) is 3.71. The average molecular weight is 484 g/mol. The second-order valence-corrected chi connectivity index (χ2v) is 8.66. The number of halogens is 1. The Morgan fingerprint density at radius 3 is 2.19 bits per heavy atom. The number of benzene rings is 2. The zero-order valence-corrected chi connectivity index (χ0v) is 20.1. The second-order valence-electron chi connectivity index (χ2n) is 8.66. The maximum absolute atomic E-state index is 13.9. The van der Waals surface area contributed by atoms with Crippen LogP contribution < -0.4 is 15.0 Å². The first-order chi connectivity index (χ1) is 17.3. The lowest BCUT2D eigenvalue weighted by atomic mass is 10.0. The Labute approximate surface area is 206 Å². The van der Waals surface area contributed by atoms with Crippen LogP contribution in [0.1, 0.15) is 29.3 Å². The zero-order valence-electron chi connectivity index (χ0n) is 20.1. The molecule has 36 heavy (non-hydrogen) atoms. The summed E-state index contributed by atoms with van der Waals surface area (Å²) in [4.78, 5) is 42.5. The highest BCUT2D eigenvalue weighted by Gasteiger charge is 2.48. The third-order valence-electron chi connectivity index (χ3n) is 6.43. The molecule has 2 aromatic heterocycles. The Bertz CT molecular complexity index is 1600. The van der Waals surface area contributed by atoms with Gasteiger partial charge in [0.15, 0.2) is 12.4 Å². The molecule has 5 rings (SSSR count). The molecule has 0 fully saturated rings. The van der Waals surface area contributed by atoms with Gasteiger partial charge < -0.3 is 0 Å². The van der Waals surface area contributed by atoms with E-state index in [1.807, 2.05) is 26.8 Å². The normalized spacial score (nSPS) is 13.7. The van der Waals surface area contributed by atoms with E-state index in [1.165, 1.54) is 28.9 Å². The Morgan fingerprint density at radius 1 is 0.861 bits per heavy atom. The molecular formula is C28H24FN4O3+. The highest BCUT2D eigenvalue weighted by molar-refractivity contribution is 6.53. The van der Waals surface area contributed by atoms with Crippen LogP contribution in [0.3, 0.4) is 0 Å². The first-order valence-electron chi connectivity index (χ1n) is 11.6. The van der Waals surface area contributed by atoms with Crippen molar-refractivity contribution in [1.82, 2.24) is 9.78 Å². The number of imide groups is 1. The first-order valence-corrected chi connectivity index (χ1v) is 11.6. The van der Waals surface area contributed by atoms with Gasteiger partial charge in [-0.15, -0.1) is 0 Å². The summed E-state index contributed by atoms with van der Waals surface area (Å²) in [6.07, 6.45) is 3.90. The van der Waals surface area contributed by atoms with Crippen LogP contribution in [0, 0.1) is 19.7 Å². The van der Waals surface area contributed by atoms with Crippen LogP contribution in [0.4, 0.5) is 10.1 Å². The molecule has 8 heteroatoms. The molecule has 180 valence electrons. The summed E-state index contributed by atoms with van der Waals surface area (Å²) in [7, 11) is 0. The molecule has 0 spiro atoms. The van der Waals surface area contributed by atoms with Gasteiger partial charge in [0.2, 0.25) is 0 Å². The second kappa shape index (κ2) is 8.88. The third kappa shape index (κ3) is 3.67. The quantitative estimate of drug-likeness (QED) is 0.347. The number of hydrogen-bond donors (Lipinski definition) is 1. The number of rotatable bonds is 5. The van der Waals surface area contributed by atoms with Crippen LogP contribution in [0.5, 0.6) is 0 Å². The summed E-state index contributed by atoms with van der Waals surface area (Å²) in [6, 6.07) is 15.9. The van der Waals surface area contributed by atoms with Gasteiger partial charge in [0.05, 0.1) is 16.9 Å². The molecule has 0 saturated heterocycles. The number of hydrogen-bond acceptors (Lipinski definition) is 3. The lowest BCUT2D eigenvalue weighted by Crippen LogP contribution is -2.40. The molecule has 0 radical (unpaired) electrons. The number of nitrogens with zero attached hydrogens (tertiary/aromatic N) is 3. The fourth-order valence-electron chi connectivity index (χ4n) is 4.38. The average Bonchev–Trinajstić information content (AvgIpc) is 3.33. The summed E-state index contributed by atoms with van der Waals surface area (Å²) in [5, 5.41) is 3.05. The van der Waals surface area contributed by atoms with Crippen LogP contribution in [0.15, 0.2) is 77.9 Å². The number of pyridine rings is 1. The van der Waals surface area contributed by atoms with Gasteiger partial charge in [-0.3, -0.25) is 19.5 Å². The third-order valence-corrected chi connectivity index (χ3v) is 6.43. The van der Waals surface area contributed by atoms with Gasteiger partial charge in [-0.25, -0.2) is 14.0 Å². The molecule has 1 aliphatic rings. The van der Waals surface area contributed by atoms with Gasteiger partial charge in [-0.05, 0) is 62.2 Å². The van der Waals surface area contributed by atoms with Crippen molar-refractivity contribution in [2.24, 2.45) is 0 Å². The number of aromatic nitrogens is 3. The molecule has 0 aliphatic carbocycles. The monoisotopic (exact) mass is 483 g/mol. The minimum atomic E-state index is -0.580.